The molecule has 0 aromatic carbocycles. The lowest BCUT2D eigenvalue weighted by molar-refractivity contribution is -0.151. The van der Waals surface area contributed by atoms with E-state index >= 15 is 0 Å². The molecule has 7 nitrogen and oxygen atoms in total. The number of carbonyl (C=O) groups excluding carboxylic acids is 2. The van der Waals surface area contributed by atoms with Crippen LogP contribution >= 0.6 is 0 Å². The number of ether oxygens (including phenoxy) is 2. The van der Waals surface area contributed by atoms with Crippen LogP contribution in [0.3, 0.4) is 0 Å². The zero-order chi connectivity index (χ0) is 13.3. The van der Waals surface area contributed by atoms with Gasteiger partial charge in [0, 0.05) is 0 Å². The highest BCUT2D eigenvalue weighted by Gasteiger charge is 2.09. The van der Waals surface area contributed by atoms with Crippen LogP contribution in [0.1, 0.15) is 12.8 Å². The van der Waals surface area contributed by atoms with Crippen LogP contribution in [0.25, 0.3) is 0 Å². The highest BCUT2D eigenvalue weighted by molar-refractivity contribution is 5.91. The maximum atomic E-state index is 10.9. The summed E-state index contributed by atoms with van der Waals surface area (Å²) in [6.07, 6.45) is -0.557. The molecule has 0 fully saturated rings. The van der Waals surface area contributed by atoms with Crippen LogP contribution in [-0.2, 0) is 23.9 Å². The summed E-state index contributed by atoms with van der Waals surface area (Å²) < 4.78 is 9.08. The molecule has 0 heterocycles. The summed E-state index contributed by atoms with van der Waals surface area (Å²) in [5, 5.41) is 16.6. The molecule has 0 rings (SSSR count). The Bertz CT molecular complexity index is 367. The molecule has 92 valence electrons. The number of esters is 2. The minimum Gasteiger partial charge on any atom is -0.481 e. The Hall–Kier alpha value is -2.36. The molecular formula is C10H11NO6. The second-order valence-corrected chi connectivity index (χ2v) is 2.84. The van der Waals surface area contributed by atoms with Crippen LogP contribution in [0, 0.1) is 11.3 Å². The number of hydrogen-bond donors (Lipinski definition) is 1. The van der Waals surface area contributed by atoms with Gasteiger partial charge in [0.25, 0.3) is 0 Å². The third kappa shape index (κ3) is 7.56. The Balaban J connectivity index is 3.62. The Labute approximate surface area is 97.2 Å². The van der Waals surface area contributed by atoms with E-state index < -0.39 is 17.9 Å². The third-order valence-corrected chi connectivity index (χ3v) is 1.50. The van der Waals surface area contributed by atoms with E-state index in [1.54, 1.807) is 0 Å². The Morgan fingerprint density at radius 2 is 1.76 bits per heavy atom. The van der Waals surface area contributed by atoms with E-state index in [0.717, 1.165) is 0 Å². The Morgan fingerprint density at radius 1 is 1.18 bits per heavy atom. The standard InChI is InChI=1S/C10H11NO6/c1-7(6-11)10(15)17-5-4-16-9(14)3-2-8(12)13/h1-5H2,(H,12,13). The maximum absolute atomic E-state index is 10.9. The van der Waals surface area contributed by atoms with Gasteiger partial charge in [-0.2, -0.15) is 5.26 Å². The lowest BCUT2D eigenvalue weighted by Crippen LogP contribution is -2.15. The van der Waals surface area contributed by atoms with Crippen molar-refractivity contribution in [2.45, 2.75) is 12.8 Å². The lowest BCUT2D eigenvalue weighted by Gasteiger charge is -2.04. The molecule has 0 saturated carbocycles. The summed E-state index contributed by atoms with van der Waals surface area (Å²) in [5.74, 6) is -2.67. The first-order valence-corrected chi connectivity index (χ1v) is 4.61. The summed E-state index contributed by atoms with van der Waals surface area (Å²) in [5.41, 5.74) is -0.345. The second-order valence-electron chi connectivity index (χ2n) is 2.84. The molecule has 1 N–H and O–H groups in total. The van der Waals surface area contributed by atoms with Crippen LogP contribution in [-0.4, -0.2) is 36.2 Å². The van der Waals surface area contributed by atoms with Gasteiger partial charge < -0.3 is 14.6 Å². The van der Waals surface area contributed by atoms with Crippen molar-refractivity contribution in [3.8, 4) is 6.07 Å². The number of carboxylic acids is 1. The quantitative estimate of drug-likeness (QED) is 0.289. The van der Waals surface area contributed by atoms with Crippen LogP contribution in [0.2, 0.25) is 0 Å². The average Bonchev–Trinajstić information content (AvgIpc) is 2.30. The highest BCUT2D eigenvalue weighted by atomic mass is 16.6. The summed E-state index contributed by atoms with van der Waals surface area (Å²) in [7, 11) is 0. The third-order valence-electron chi connectivity index (χ3n) is 1.50. The fraction of sp³-hybridized carbons (Fsp3) is 0.400. The maximum Gasteiger partial charge on any atom is 0.348 e. The monoisotopic (exact) mass is 241 g/mol. The number of carboxylic acid groups (broad SMARTS) is 1. The van der Waals surface area contributed by atoms with Gasteiger partial charge >= 0.3 is 17.9 Å². The topological polar surface area (TPSA) is 114 Å². The molecule has 0 radical (unpaired) electrons. The number of hydrogen-bond acceptors (Lipinski definition) is 6. The van der Waals surface area contributed by atoms with Gasteiger partial charge in [-0.15, -0.1) is 0 Å². The van der Waals surface area contributed by atoms with Crippen molar-refractivity contribution in [2.24, 2.45) is 0 Å². The van der Waals surface area contributed by atoms with Crippen molar-refractivity contribution in [3.63, 3.8) is 0 Å². The summed E-state index contributed by atoms with van der Waals surface area (Å²) >= 11 is 0. The number of nitriles is 1. The van der Waals surface area contributed by atoms with Crippen molar-refractivity contribution in [1.82, 2.24) is 0 Å². The zero-order valence-electron chi connectivity index (χ0n) is 8.97. The molecular weight excluding hydrogens is 230 g/mol. The van der Waals surface area contributed by atoms with Gasteiger partial charge in [0.1, 0.15) is 24.9 Å². The molecule has 0 amide bonds. The largest absolute Gasteiger partial charge is 0.481 e. The molecule has 17 heavy (non-hydrogen) atoms. The van der Waals surface area contributed by atoms with Gasteiger partial charge in [0.05, 0.1) is 12.8 Å². The Morgan fingerprint density at radius 3 is 2.29 bits per heavy atom. The van der Waals surface area contributed by atoms with Crippen molar-refractivity contribution >= 4 is 17.9 Å². The SMILES string of the molecule is C=C(C#N)C(=O)OCCOC(=O)CCC(=O)O. The predicted molar refractivity (Wildman–Crippen MR) is 53.5 cm³/mol. The predicted octanol–water partition coefficient (Wildman–Crippen LogP) is 0.0174. The molecule has 0 atom stereocenters. The normalized spacial score (nSPS) is 8.88. The highest BCUT2D eigenvalue weighted by Crippen LogP contribution is 1.95. The number of nitrogens with zero attached hydrogens (tertiary/aromatic N) is 1. The Kier molecular flexibility index (Phi) is 6.78. The van der Waals surface area contributed by atoms with E-state index in [-0.39, 0.29) is 31.6 Å². The first-order valence-electron chi connectivity index (χ1n) is 4.61. The van der Waals surface area contributed by atoms with Crippen molar-refractivity contribution in [3.05, 3.63) is 12.2 Å². The van der Waals surface area contributed by atoms with E-state index in [0.29, 0.717) is 0 Å². The number of carbonyl (C=O) groups is 3. The van der Waals surface area contributed by atoms with Gasteiger partial charge in [-0.3, -0.25) is 9.59 Å². The van der Waals surface area contributed by atoms with E-state index in [1.165, 1.54) is 6.07 Å². The summed E-state index contributed by atoms with van der Waals surface area (Å²) in [6, 6.07) is 1.51. The van der Waals surface area contributed by atoms with Crippen LogP contribution in [0.15, 0.2) is 12.2 Å². The molecule has 0 spiro atoms. The van der Waals surface area contributed by atoms with E-state index in [1.807, 2.05) is 0 Å². The van der Waals surface area contributed by atoms with Crippen LogP contribution in [0.4, 0.5) is 0 Å². The zero-order valence-corrected chi connectivity index (χ0v) is 8.97. The second kappa shape index (κ2) is 7.87. The smallest absolute Gasteiger partial charge is 0.348 e. The van der Waals surface area contributed by atoms with E-state index in [2.05, 4.69) is 16.1 Å². The first-order chi connectivity index (χ1) is 7.97. The van der Waals surface area contributed by atoms with Gasteiger partial charge in [0.15, 0.2) is 0 Å². The molecule has 0 aliphatic carbocycles. The number of aliphatic carboxylic acids is 1. The summed E-state index contributed by atoms with van der Waals surface area (Å²) in [6.45, 7) is 2.73. The van der Waals surface area contributed by atoms with Crippen molar-refractivity contribution < 1.29 is 29.0 Å². The van der Waals surface area contributed by atoms with Gasteiger partial charge in [-0.05, 0) is 0 Å². The molecule has 0 bridgehead atoms. The molecule has 7 heteroatoms. The summed E-state index contributed by atoms with van der Waals surface area (Å²) in [4.78, 5) is 31.9. The van der Waals surface area contributed by atoms with Crippen molar-refractivity contribution in [1.29, 1.82) is 5.26 Å². The lowest BCUT2D eigenvalue weighted by atomic mass is 10.3. The molecule has 0 aromatic rings. The average molecular weight is 241 g/mol. The van der Waals surface area contributed by atoms with Gasteiger partial charge in [-0.25, -0.2) is 4.79 Å². The first kappa shape index (κ1) is 14.6. The van der Waals surface area contributed by atoms with E-state index in [4.69, 9.17) is 10.4 Å². The van der Waals surface area contributed by atoms with Gasteiger partial charge in [-0.1, -0.05) is 6.58 Å². The van der Waals surface area contributed by atoms with Gasteiger partial charge in [0.2, 0.25) is 0 Å². The fourth-order valence-electron chi connectivity index (χ4n) is 0.704. The minimum absolute atomic E-state index is 0.192. The number of rotatable bonds is 7. The van der Waals surface area contributed by atoms with Crippen LogP contribution < -0.4 is 0 Å². The molecule has 0 aromatic heterocycles. The van der Waals surface area contributed by atoms with Crippen molar-refractivity contribution in [2.75, 3.05) is 13.2 Å². The molecule has 0 saturated heterocycles. The molecule has 0 unspecified atom stereocenters. The molecule has 0 aliphatic heterocycles. The molecule has 0 aliphatic rings. The minimum atomic E-state index is -1.10. The fourth-order valence-corrected chi connectivity index (χ4v) is 0.704. The van der Waals surface area contributed by atoms with Crippen LogP contribution in [0.5, 0.6) is 0 Å². The van der Waals surface area contributed by atoms with E-state index in [9.17, 15) is 14.4 Å².